The van der Waals surface area contributed by atoms with Crippen LogP contribution in [0.25, 0.3) is 0 Å². The van der Waals surface area contributed by atoms with Crippen LogP contribution < -0.4 is 5.32 Å². The van der Waals surface area contributed by atoms with Crippen LogP contribution in [0.2, 0.25) is 0 Å². The normalized spacial score (nSPS) is 37.4. The first kappa shape index (κ1) is 12.6. The number of rotatable bonds is 2. The minimum atomic E-state index is -0.367. The number of esters is 1. The van der Waals surface area contributed by atoms with Gasteiger partial charge in [0.2, 0.25) is 0 Å². The molecule has 0 unspecified atom stereocenters. The van der Waals surface area contributed by atoms with Crippen LogP contribution in [0, 0.1) is 5.41 Å². The number of ether oxygens (including phenoxy) is 1. The van der Waals surface area contributed by atoms with Crippen LogP contribution in [-0.4, -0.2) is 30.4 Å². The Kier molecular flexibility index (Phi) is 3.52. The van der Waals surface area contributed by atoms with Crippen LogP contribution in [0.5, 0.6) is 0 Å². The van der Waals surface area contributed by atoms with Gasteiger partial charge >= 0.3 is 5.97 Å². The molecule has 4 nitrogen and oxygen atoms in total. The summed E-state index contributed by atoms with van der Waals surface area (Å²) in [5.41, 5.74) is -0.367. The molecular formula is C13H21NO3. The van der Waals surface area contributed by atoms with Gasteiger partial charge in [-0.2, -0.15) is 0 Å². The van der Waals surface area contributed by atoms with Crippen molar-refractivity contribution in [3.8, 4) is 0 Å². The Morgan fingerprint density at radius 2 is 2.29 bits per heavy atom. The second kappa shape index (κ2) is 4.77. The lowest BCUT2D eigenvalue weighted by atomic mass is 9.77. The number of ketones is 1. The summed E-state index contributed by atoms with van der Waals surface area (Å²) in [6.07, 6.45) is 4.28. The molecule has 1 N–H and O–H groups in total. The Hall–Kier alpha value is -0.900. The lowest BCUT2D eigenvalue weighted by Crippen LogP contribution is -2.40. The van der Waals surface area contributed by atoms with Crippen LogP contribution in [0.3, 0.4) is 0 Å². The van der Waals surface area contributed by atoms with E-state index in [2.05, 4.69) is 5.32 Å². The number of carbonyl (C=O) groups excluding carboxylic acids is 2. The number of nitrogens with one attached hydrogen (secondary N) is 1. The van der Waals surface area contributed by atoms with Gasteiger partial charge in [-0.3, -0.25) is 9.59 Å². The number of hydrogen-bond acceptors (Lipinski definition) is 4. The van der Waals surface area contributed by atoms with Crippen molar-refractivity contribution >= 4 is 11.8 Å². The molecule has 1 aliphatic heterocycles. The summed E-state index contributed by atoms with van der Waals surface area (Å²) in [5, 5.41) is 3.29. The third kappa shape index (κ3) is 2.23. The molecular weight excluding hydrogens is 218 g/mol. The Labute approximate surface area is 102 Å². The molecule has 0 amide bonds. The zero-order valence-electron chi connectivity index (χ0n) is 10.6. The van der Waals surface area contributed by atoms with Gasteiger partial charge < -0.3 is 10.1 Å². The summed E-state index contributed by atoms with van der Waals surface area (Å²) in [7, 11) is 0. The molecule has 0 radical (unpaired) electrons. The first-order valence-corrected chi connectivity index (χ1v) is 6.54. The van der Waals surface area contributed by atoms with Crippen molar-refractivity contribution in [2.75, 3.05) is 6.61 Å². The maximum absolute atomic E-state index is 12.2. The van der Waals surface area contributed by atoms with Crippen molar-refractivity contribution in [3.05, 3.63) is 0 Å². The van der Waals surface area contributed by atoms with Crippen molar-refractivity contribution in [1.82, 2.24) is 5.32 Å². The van der Waals surface area contributed by atoms with Gasteiger partial charge in [0.15, 0.2) is 0 Å². The molecule has 3 atom stereocenters. The molecule has 0 bridgehead atoms. The highest BCUT2D eigenvalue weighted by molar-refractivity contribution is 5.88. The van der Waals surface area contributed by atoms with E-state index in [4.69, 9.17) is 4.74 Å². The fourth-order valence-electron chi connectivity index (χ4n) is 3.08. The van der Waals surface area contributed by atoms with Crippen LogP contribution in [-0.2, 0) is 14.3 Å². The largest absolute Gasteiger partial charge is 0.465 e. The molecule has 0 spiro atoms. The lowest BCUT2D eigenvalue weighted by Gasteiger charge is -2.26. The Bertz CT molecular complexity index is 329. The Morgan fingerprint density at radius 1 is 1.53 bits per heavy atom. The molecule has 1 saturated carbocycles. The SMILES string of the molecule is CCOC(=O)[C@@H]1C[C@@]2(C)C(=O)CCCC[C@H]2N1. The third-order valence-corrected chi connectivity index (χ3v) is 4.15. The van der Waals surface area contributed by atoms with E-state index in [1.165, 1.54) is 0 Å². The van der Waals surface area contributed by atoms with Gasteiger partial charge in [-0.05, 0) is 26.2 Å². The van der Waals surface area contributed by atoms with E-state index >= 15 is 0 Å². The van der Waals surface area contributed by atoms with Crippen molar-refractivity contribution in [1.29, 1.82) is 0 Å². The van der Waals surface area contributed by atoms with Crippen LogP contribution >= 0.6 is 0 Å². The topological polar surface area (TPSA) is 55.4 Å². The average Bonchev–Trinajstić information content (AvgIpc) is 2.57. The minimum absolute atomic E-state index is 0.145. The number of Topliss-reactive ketones (excluding diaryl/α,β-unsaturated/α-hetero) is 1. The zero-order valence-corrected chi connectivity index (χ0v) is 10.6. The molecule has 1 heterocycles. The van der Waals surface area contributed by atoms with Gasteiger partial charge in [-0.1, -0.05) is 13.3 Å². The van der Waals surface area contributed by atoms with Gasteiger partial charge in [0, 0.05) is 17.9 Å². The van der Waals surface area contributed by atoms with E-state index in [0.29, 0.717) is 25.2 Å². The van der Waals surface area contributed by atoms with Gasteiger partial charge in [0.1, 0.15) is 11.8 Å². The van der Waals surface area contributed by atoms with Crippen LogP contribution in [0.4, 0.5) is 0 Å². The van der Waals surface area contributed by atoms with Gasteiger partial charge in [-0.15, -0.1) is 0 Å². The first-order valence-electron chi connectivity index (χ1n) is 6.54. The molecule has 1 aliphatic carbocycles. The summed E-state index contributed by atoms with van der Waals surface area (Å²) in [6.45, 7) is 4.20. The van der Waals surface area contributed by atoms with E-state index in [1.807, 2.05) is 6.92 Å². The second-order valence-corrected chi connectivity index (χ2v) is 5.31. The second-order valence-electron chi connectivity index (χ2n) is 5.31. The molecule has 2 fully saturated rings. The first-order chi connectivity index (χ1) is 8.08. The molecule has 1 saturated heterocycles. The lowest BCUT2D eigenvalue weighted by molar-refractivity contribution is -0.145. The fourth-order valence-corrected chi connectivity index (χ4v) is 3.08. The Morgan fingerprint density at radius 3 is 3.00 bits per heavy atom. The summed E-state index contributed by atoms with van der Waals surface area (Å²) >= 11 is 0. The van der Waals surface area contributed by atoms with Crippen molar-refractivity contribution in [2.45, 2.75) is 58.0 Å². The number of carbonyl (C=O) groups is 2. The predicted molar refractivity (Wildman–Crippen MR) is 63.5 cm³/mol. The smallest absolute Gasteiger partial charge is 0.323 e. The highest BCUT2D eigenvalue weighted by atomic mass is 16.5. The molecule has 0 aromatic carbocycles. The van der Waals surface area contributed by atoms with Crippen molar-refractivity contribution < 1.29 is 14.3 Å². The molecule has 0 aromatic heterocycles. The summed E-state index contributed by atoms with van der Waals surface area (Å²) in [6, 6.07) is -0.154. The number of hydrogen-bond donors (Lipinski definition) is 1. The van der Waals surface area contributed by atoms with E-state index in [-0.39, 0.29) is 23.5 Å². The zero-order chi connectivity index (χ0) is 12.5. The maximum atomic E-state index is 12.2. The monoisotopic (exact) mass is 239 g/mol. The highest BCUT2D eigenvalue weighted by Gasteiger charge is 2.50. The summed E-state index contributed by atoms with van der Waals surface area (Å²) in [4.78, 5) is 23.9. The number of fused-ring (bicyclic) bond motifs is 1. The maximum Gasteiger partial charge on any atom is 0.323 e. The van der Waals surface area contributed by atoms with Gasteiger partial charge in [0.05, 0.1) is 6.61 Å². The van der Waals surface area contributed by atoms with Gasteiger partial charge in [-0.25, -0.2) is 0 Å². The molecule has 17 heavy (non-hydrogen) atoms. The molecule has 0 aromatic rings. The van der Waals surface area contributed by atoms with Crippen molar-refractivity contribution in [2.24, 2.45) is 5.41 Å². The van der Waals surface area contributed by atoms with Gasteiger partial charge in [0.25, 0.3) is 0 Å². The van der Waals surface area contributed by atoms with Crippen LogP contribution in [0.15, 0.2) is 0 Å². The molecule has 4 heteroatoms. The van der Waals surface area contributed by atoms with E-state index < -0.39 is 0 Å². The van der Waals surface area contributed by atoms with E-state index in [0.717, 1.165) is 19.3 Å². The quantitative estimate of drug-likeness (QED) is 0.741. The highest BCUT2D eigenvalue weighted by Crippen LogP contribution is 2.41. The minimum Gasteiger partial charge on any atom is -0.465 e. The van der Waals surface area contributed by atoms with Crippen LogP contribution in [0.1, 0.15) is 46.0 Å². The fraction of sp³-hybridized carbons (Fsp3) is 0.846. The summed E-state index contributed by atoms with van der Waals surface area (Å²) < 4.78 is 5.03. The average molecular weight is 239 g/mol. The third-order valence-electron chi connectivity index (χ3n) is 4.15. The van der Waals surface area contributed by atoms with E-state index in [1.54, 1.807) is 6.92 Å². The summed E-state index contributed by atoms with van der Waals surface area (Å²) in [5.74, 6) is 0.0916. The molecule has 2 aliphatic rings. The Balaban J connectivity index is 2.11. The van der Waals surface area contributed by atoms with E-state index in [9.17, 15) is 9.59 Å². The predicted octanol–water partition coefficient (Wildman–Crippen LogP) is 1.43. The molecule has 96 valence electrons. The molecule has 2 rings (SSSR count). The van der Waals surface area contributed by atoms with Crippen molar-refractivity contribution in [3.63, 3.8) is 0 Å². The standard InChI is InChI=1S/C13H21NO3/c1-3-17-12(16)9-8-13(2)10(14-9)6-4-5-7-11(13)15/h9-10,14H,3-8H2,1-2H3/t9-,10+,13+/m0/s1.